The van der Waals surface area contributed by atoms with E-state index in [0.717, 1.165) is 31.6 Å². The van der Waals surface area contributed by atoms with Gasteiger partial charge in [-0.15, -0.1) is 11.3 Å². The number of thiazole rings is 1. The van der Waals surface area contributed by atoms with Crippen LogP contribution in [0.15, 0.2) is 5.38 Å². The number of hydrogen-bond acceptors (Lipinski definition) is 5. The Hall–Kier alpha value is -0.490. The van der Waals surface area contributed by atoms with E-state index in [0.29, 0.717) is 12.1 Å². The van der Waals surface area contributed by atoms with E-state index in [1.807, 2.05) is 6.92 Å². The first kappa shape index (κ1) is 13.9. The molecule has 1 fully saturated rings. The van der Waals surface area contributed by atoms with E-state index in [9.17, 15) is 0 Å². The molecule has 0 radical (unpaired) electrons. The molecular weight excluding hydrogens is 246 g/mol. The van der Waals surface area contributed by atoms with Crippen molar-refractivity contribution in [2.45, 2.75) is 57.6 Å². The largest absolute Gasteiger partial charge is 0.378 e. The van der Waals surface area contributed by atoms with Crippen molar-refractivity contribution in [2.24, 2.45) is 5.84 Å². The Bertz CT molecular complexity index is 350. The molecule has 4 nitrogen and oxygen atoms in total. The van der Waals surface area contributed by atoms with Gasteiger partial charge >= 0.3 is 0 Å². The highest BCUT2D eigenvalue weighted by molar-refractivity contribution is 7.09. The quantitative estimate of drug-likeness (QED) is 0.614. The van der Waals surface area contributed by atoms with Crippen LogP contribution in [-0.4, -0.2) is 23.7 Å². The van der Waals surface area contributed by atoms with Gasteiger partial charge in [0.05, 0.1) is 11.1 Å². The lowest BCUT2D eigenvalue weighted by Gasteiger charge is -2.24. The van der Waals surface area contributed by atoms with Crippen molar-refractivity contribution in [3.05, 3.63) is 16.1 Å². The van der Waals surface area contributed by atoms with E-state index in [1.165, 1.54) is 24.3 Å². The van der Waals surface area contributed by atoms with E-state index in [2.05, 4.69) is 15.8 Å². The van der Waals surface area contributed by atoms with Crippen LogP contribution >= 0.6 is 11.3 Å². The van der Waals surface area contributed by atoms with Crippen LogP contribution in [0.25, 0.3) is 0 Å². The van der Waals surface area contributed by atoms with Gasteiger partial charge in [-0.3, -0.25) is 11.3 Å². The van der Waals surface area contributed by atoms with Gasteiger partial charge < -0.3 is 4.74 Å². The summed E-state index contributed by atoms with van der Waals surface area (Å²) in [7, 11) is 0. The molecule has 1 aromatic heterocycles. The van der Waals surface area contributed by atoms with Crippen molar-refractivity contribution in [3.8, 4) is 0 Å². The molecule has 0 amide bonds. The third-order valence-electron chi connectivity index (χ3n) is 3.43. The molecule has 2 rings (SSSR count). The van der Waals surface area contributed by atoms with Crippen LogP contribution in [0.4, 0.5) is 0 Å². The molecule has 18 heavy (non-hydrogen) atoms. The van der Waals surface area contributed by atoms with Gasteiger partial charge in [0.2, 0.25) is 0 Å². The Morgan fingerprint density at radius 1 is 1.61 bits per heavy atom. The summed E-state index contributed by atoms with van der Waals surface area (Å²) in [6.45, 7) is 2.96. The number of hydrogen-bond donors (Lipinski definition) is 2. The van der Waals surface area contributed by atoms with E-state index in [1.54, 1.807) is 11.3 Å². The summed E-state index contributed by atoms with van der Waals surface area (Å²) in [5, 5.41) is 3.26. The van der Waals surface area contributed by atoms with E-state index in [-0.39, 0.29) is 0 Å². The molecule has 1 saturated heterocycles. The molecule has 0 saturated carbocycles. The number of hydrazine groups is 1. The van der Waals surface area contributed by atoms with Crippen LogP contribution in [0.1, 0.15) is 42.8 Å². The Kier molecular flexibility index (Phi) is 5.56. The molecule has 1 aliphatic heterocycles. The van der Waals surface area contributed by atoms with Gasteiger partial charge in [-0.2, -0.15) is 0 Å². The molecule has 0 aliphatic carbocycles. The fourth-order valence-corrected chi connectivity index (χ4v) is 3.23. The van der Waals surface area contributed by atoms with Crippen LogP contribution in [0.3, 0.4) is 0 Å². The molecule has 2 unspecified atom stereocenters. The first-order chi connectivity index (χ1) is 8.78. The summed E-state index contributed by atoms with van der Waals surface area (Å²) >= 11 is 1.72. The Morgan fingerprint density at radius 3 is 3.11 bits per heavy atom. The molecule has 5 heteroatoms. The van der Waals surface area contributed by atoms with Crippen LogP contribution < -0.4 is 11.3 Å². The molecule has 102 valence electrons. The van der Waals surface area contributed by atoms with Crippen molar-refractivity contribution in [1.29, 1.82) is 0 Å². The summed E-state index contributed by atoms with van der Waals surface area (Å²) in [5.74, 6) is 5.63. The van der Waals surface area contributed by atoms with Crippen molar-refractivity contribution in [1.82, 2.24) is 10.4 Å². The highest BCUT2D eigenvalue weighted by Crippen LogP contribution is 2.19. The average molecular weight is 269 g/mol. The molecule has 3 N–H and O–H groups in total. The maximum absolute atomic E-state index is 5.75. The zero-order valence-electron chi connectivity index (χ0n) is 11.0. The van der Waals surface area contributed by atoms with Gasteiger partial charge in [-0.05, 0) is 39.0 Å². The van der Waals surface area contributed by atoms with E-state index >= 15 is 0 Å². The number of nitrogens with one attached hydrogen (secondary N) is 1. The smallest absolute Gasteiger partial charge is 0.0944 e. The molecule has 0 aromatic carbocycles. The van der Waals surface area contributed by atoms with Gasteiger partial charge in [0.15, 0.2) is 0 Å². The fourth-order valence-electron chi connectivity index (χ4n) is 2.37. The van der Waals surface area contributed by atoms with Crippen LogP contribution in [0.5, 0.6) is 0 Å². The first-order valence-corrected chi connectivity index (χ1v) is 7.64. The number of aryl methyl sites for hydroxylation is 1. The van der Waals surface area contributed by atoms with Crippen molar-refractivity contribution < 1.29 is 4.74 Å². The highest BCUT2D eigenvalue weighted by Gasteiger charge is 2.17. The number of nitrogens with zero attached hydrogens (tertiary/aromatic N) is 1. The minimum atomic E-state index is 0.307. The van der Waals surface area contributed by atoms with Crippen LogP contribution in [0.2, 0.25) is 0 Å². The van der Waals surface area contributed by atoms with Gasteiger partial charge in [0.25, 0.3) is 0 Å². The third-order valence-corrected chi connectivity index (χ3v) is 4.42. The molecular formula is C13H23N3OS. The summed E-state index contributed by atoms with van der Waals surface area (Å²) < 4.78 is 5.75. The van der Waals surface area contributed by atoms with Gasteiger partial charge in [0, 0.05) is 30.1 Å². The average Bonchev–Trinajstić information content (AvgIpc) is 2.81. The molecule has 0 bridgehead atoms. The predicted octanol–water partition coefficient (Wildman–Crippen LogP) is 2.18. The number of nitrogens with two attached hydrogens (primary N) is 1. The molecule has 2 heterocycles. The van der Waals surface area contributed by atoms with Crippen molar-refractivity contribution in [3.63, 3.8) is 0 Å². The number of rotatable bonds is 6. The second kappa shape index (κ2) is 7.19. The van der Waals surface area contributed by atoms with Crippen LogP contribution in [-0.2, 0) is 11.2 Å². The topological polar surface area (TPSA) is 60.2 Å². The second-order valence-electron chi connectivity index (χ2n) is 5.02. The number of ether oxygens (including phenoxy) is 1. The van der Waals surface area contributed by atoms with Gasteiger partial charge in [0.1, 0.15) is 0 Å². The van der Waals surface area contributed by atoms with Crippen molar-refractivity contribution in [2.75, 3.05) is 6.61 Å². The maximum Gasteiger partial charge on any atom is 0.0944 e. The standard InChI is InChI=1S/C13H23N3OS/c1-10-9-18-13(15-10)8-11(16-14)5-6-12-4-2-3-7-17-12/h9,11-12,16H,2-8,14H2,1H3. The monoisotopic (exact) mass is 269 g/mol. The lowest BCUT2D eigenvalue weighted by Crippen LogP contribution is -2.37. The minimum absolute atomic E-state index is 0.307. The molecule has 2 atom stereocenters. The van der Waals surface area contributed by atoms with Crippen LogP contribution in [0, 0.1) is 6.92 Å². The van der Waals surface area contributed by atoms with Gasteiger partial charge in [-0.25, -0.2) is 4.98 Å². The molecule has 0 spiro atoms. The Morgan fingerprint density at radius 2 is 2.50 bits per heavy atom. The Labute approximate surface area is 113 Å². The normalized spacial score (nSPS) is 22.0. The Balaban J connectivity index is 1.74. The SMILES string of the molecule is Cc1csc(CC(CCC2CCCCO2)NN)n1. The zero-order chi connectivity index (χ0) is 12.8. The summed E-state index contributed by atoms with van der Waals surface area (Å²) in [5.41, 5.74) is 4.01. The first-order valence-electron chi connectivity index (χ1n) is 6.76. The lowest BCUT2D eigenvalue weighted by molar-refractivity contribution is 0.00858. The molecule has 1 aliphatic rings. The summed E-state index contributed by atoms with van der Waals surface area (Å²) in [6, 6.07) is 0.307. The maximum atomic E-state index is 5.75. The minimum Gasteiger partial charge on any atom is -0.378 e. The third kappa shape index (κ3) is 4.31. The van der Waals surface area contributed by atoms with Gasteiger partial charge in [-0.1, -0.05) is 0 Å². The number of aromatic nitrogens is 1. The second-order valence-corrected chi connectivity index (χ2v) is 5.96. The van der Waals surface area contributed by atoms with E-state index in [4.69, 9.17) is 10.6 Å². The zero-order valence-corrected chi connectivity index (χ0v) is 11.8. The lowest BCUT2D eigenvalue weighted by atomic mass is 10.0. The predicted molar refractivity (Wildman–Crippen MR) is 74.5 cm³/mol. The van der Waals surface area contributed by atoms with Crippen molar-refractivity contribution >= 4 is 11.3 Å². The molecule has 1 aromatic rings. The summed E-state index contributed by atoms with van der Waals surface area (Å²) in [4.78, 5) is 4.48. The van der Waals surface area contributed by atoms with E-state index < -0.39 is 0 Å². The highest BCUT2D eigenvalue weighted by atomic mass is 32.1. The summed E-state index contributed by atoms with van der Waals surface area (Å²) in [6.07, 6.45) is 7.23. The fraction of sp³-hybridized carbons (Fsp3) is 0.769.